The molecule has 2 heterocycles. The van der Waals surface area contributed by atoms with Crippen LogP contribution in [0.4, 0.5) is 0 Å². The van der Waals surface area contributed by atoms with Crippen molar-refractivity contribution in [3.8, 4) is 16.3 Å². The van der Waals surface area contributed by atoms with Crippen LogP contribution in [0.2, 0.25) is 0 Å². The number of hydrogen-bond donors (Lipinski definition) is 2. The monoisotopic (exact) mass is 419 g/mol. The zero-order chi connectivity index (χ0) is 20.8. The van der Waals surface area contributed by atoms with Gasteiger partial charge < -0.3 is 15.0 Å². The van der Waals surface area contributed by atoms with E-state index in [2.05, 4.69) is 39.7 Å². The van der Waals surface area contributed by atoms with E-state index in [0.717, 1.165) is 40.4 Å². The van der Waals surface area contributed by atoms with Gasteiger partial charge in [-0.3, -0.25) is 4.79 Å². The fraction of sp³-hybridized carbons (Fsp3) is 0.250. The number of benzene rings is 2. The third kappa shape index (κ3) is 4.89. The molecule has 0 bridgehead atoms. The lowest BCUT2D eigenvalue weighted by Gasteiger charge is -2.04. The van der Waals surface area contributed by atoms with Crippen LogP contribution in [0.3, 0.4) is 0 Å². The maximum Gasteiger partial charge on any atom is 0.226 e. The number of aromatic amines is 1. The predicted octanol–water partition coefficient (Wildman–Crippen LogP) is 4.98. The van der Waals surface area contributed by atoms with Crippen LogP contribution in [0, 0.1) is 0 Å². The molecule has 0 radical (unpaired) electrons. The number of amides is 1. The van der Waals surface area contributed by atoms with E-state index >= 15 is 0 Å². The predicted molar refractivity (Wildman–Crippen MR) is 122 cm³/mol. The zero-order valence-electron chi connectivity index (χ0n) is 17.0. The highest BCUT2D eigenvalue weighted by Crippen LogP contribution is 2.26. The van der Waals surface area contributed by atoms with Gasteiger partial charge in [-0.1, -0.05) is 18.2 Å². The molecule has 1 amide bonds. The van der Waals surface area contributed by atoms with E-state index in [0.29, 0.717) is 19.6 Å². The summed E-state index contributed by atoms with van der Waals surface area (Å²) in [6, 6.07) is 16.2. The van der Waals surface area contributed by atoms with Gasteiger partial charge in [-0.2, -0.15) is 0 Å². The minimum Gasteiger partial charge on any atom is -0.494 e. The fourth-order valence-corrected chi connectivity index (χ4v) is 4.28. The smallest absolute Gasteiger partial charge is 0.226 e. The number of nitrogens with zero attached hydrogens (tertiary/aromatic N) is 1. The number of aryl methyl sites for hydroxylation is 1. The molecular formula is C24H25N3O2S. The van der Waals surface area contributed by atoms with E-state index in [1.165, 1.54) is 10.9 Å². The highest BCUT2D eigenvalue weighted by molar-refractivity contribution is 7.13. The molecule has 0 fully saturated rings. The van der Waals surface area contributed by atoms with Crippen molar-refractivity contribution >= 4 is 28.1 Å². The highest BCUT2D eigenvalue weighted by Gasteiger charge is 2.09. The molecule has 2 aromatic heterocycles. The van der Waals surface area contributed by atoms with Gasteiger partial charge in [-0.25, -0.2) is 4.98 Å². The van der Waals surface area contributed by atoms with Crippen LogP contribution in [0.5, 0.6) is 5.75 Å². The molecule has 2 aromatic carbocycles. The van der Waals surface area contributed by atoms with Gasteiger partial charge in [-0.15, -0.1) is 11.3 Å². The number of carbonyl (C=O) groups is 1. The lowest BCUT2D eigenvalue weighted by Crippen LogP contribution is -2.26. The first-order valence-corrected chi connectivity index (χ1v) is 11.1. The number of hydrogen-bond acceptors (Lipinski definition) is 4. The largest absolute Gasteiger partial charge is 0.494 e. The van der Waals surface area contributed by atoms with Crippen molar-refractivity contribution in [2.75, 3.05) is 13.2 Å². The molecule has 0 aliphatic rings. The minimum absolute atomic E-state index is 0.0115. The van der Waals surface area contributed by atoms with Crippen LogP contribution in [-0.2, 0) is 17.6 Å². The molecule has 0 saturated carbocycles. The number of nitrogens with one attached hydrogen (secondary N) is 2. The van der Waals surface area contributed by atoms with E-state index < -0.39 is 0 Å². The molecule has 6 heteroatoms. The summed E-state index contributed by atoms with van der Waals surface area (Å²) in [4.78, 5) is 20.2. The molecule has 154 valence electrons. The van der Waals surface area contributed by atoms with Crippen molar-refractivity contribution in [2.24, 2.45) is 0 Å². The number of para-hydroxylation sites is 1. The van der Waals surface area contributed by atoms with Crippen molar-refractivity contribution in [1.29, 1.82) is 0 Å². The highest BCUT2D eigenvalue weighted by atomic mass is 32.1. The summed E-state index contributed by atoms with van der Waals surface area (Å²) in [5.74, 6) is 0.863. The van der Waals surface area contributed by atoms with Crippen LogP contribution >= 0.6 is 11.3 Å². The van der Waals surface area contributed by atoms with Crippen LogP contribution in [0.15, 0.2) is 60.1 Å². The maximum atomic E-state index is 12.3. The molecule has 0 aliphatic carbocycles. The van der Waals surface area contributed by atoms with Gasteiger partial charge in [0.05, 0.1) is 18.7 Å². The SMILES string of the molecule is CCOc1ccc(-c2nc(CC(=O)NCCCc3c[nH]c4ccccc34)cs2)cc1. The van der Waals surface area contributed by atoms with Gasteiger partial charge in [0, 0.05) is 34.6 Å². The van der Waals surface area contributed by atoms with Crippen molar-refractivity contribution < 1.29 is 9.53 Å². The molecule has 4 rings (SSSR count). The summed E-state index contributed by atoms with van der Waals surface area (Å²) in [6.45, 7) is 3.28. The van der Waals surface area contributed by atoms with Gasteiger partial charge in [0.25, 0.3) is 0 Å². The second kappa shape index (κ2) is 9.59. The van der Waals surface area contributed by atoms with Gasteiger partial charge >= 0.3 is 0 Å². The molecule has 0 saturated heterocycles. The van der Waals surface area contributed by atoms with Crippen molar-refractivity contribution in [3.05, 3.63) is 71.4 Å². The van der Waals surface area contributed by atoms with E-state index in [1.54, 1.807) is 11.3 Å². The zero-order valence-corrected chi connectivity index (χ0v) is 17.8. The third-order valence-electron chi connectivity index (χ3n) is 4.93. The quantitative estimate of drug-likeness (QED) is 0.376. The molecule has 30 heavy (non-hydrogen) atoms. The topological polar surface area (TPSA) is 67.0 Å². The van der Waals surface area contributed by atoms with E-state index in [4.69, 9.17) is 4.74 Å². The first kappa shape index (κ1) is 20.2. The fourth-order valence-electron chi connectivity index (χ4n) is 3.45. The van der Waals surface area contributed by atoms with Gasteiger partial charge in [0.1, 0.15) is 10.8 Å². The van der Waals surface area contributed by atoms with Crippen LogP contribution in [-0.4, -0.2) is 29.0 Å². The Balaban J connectivity index is 1.24. The minimum atomic E-state index is 0.0115. The molecule has 0 aliphatic heterocycles. The lowest BCUT2D eigenvalue weighted by molar-refractivity contribution is -0.120. The van der Waals surface area contributed by atoms with Crippen molar-refractivity contribution in [3.63, 3.8) is 0 Å². The Morgan fingerprint density at radius 3 is 2.83 bits per heavy atom. The van der Waals surface area contributed by atoms with Gasteiger partial charge in [0.15, 0.2) is 0 Å². The Kier molecular flexibility index (Phi) is 6.44. The molecule has 2 N–H and O–H groups in total. The lowest BCUT2D eigenvalue weighted by atomic mass is 10.1. The van der Waals surface area contributed by atoms with Crippen molar-refractivity contribution in [1.82, 2.24) is 15.3 Å². The van der Waals surface area contributed by atoms with Crippen molar-refractivity contribution in [2.45, 2.75) is 26.2 Å². The van der Waals surface area contributed by atoms with Crippen LogP contribution in [0.25, 0.3) is 21.5 Å². The summed E-state index contributed by atoms with van der Waals surface area (Å²) < 4.78 is 5.47. The summed E-state index contributed by atoms with van der Waals surface area (Å²) in [5, 5.41) is 7.14. The number of aromatic nitrogens is 2. The first-order chi connectivity index (χ1) is 14.7. The summed E-state index contributed by atoms with van der Waals surface area (Å²) in [5.41, 5.74) is 4.29. The number of ether oxygens (including phenoxy) is 1. The standard InChI is InChI=1S/C24H25N3O2S/c1-2-29-20-11-9-17(10-12-20)24-27-19(16-30-24)14-23(28)25-13-5-6-18-15-26-22-8-4-3-7-21(18)22/h3-4,7-12,15-16,26H,2,5-6,13-14H2,1H3,(H,25,28). The molecular weight excluding hydrogens is 394 g/mol. The summed E-state index contributed by atoms with van der Waals surface area (Å²) >= 11 is 1.56. The molecule has 5 nitrogen and oxygen atoms in total. The molecule has 4 aromatic rings. The second-order valence-corrected chi connectivity index (χ2v) is 7.95. The van der Waals surface area contributed by atoms with Gasteiger partial charge in [-0.05, 0) is 55.7 Å². The summed E-state index contributed by atoms with van der Waals surface area (Å²) in [6.07, 6.45) is 4.20. The van der Waals surface area contributed by atoms with Gasteiger partial charge in [0.2, 0.25) is 5.91 Å². The van der Waals surface area contributed by atoms with Crippen LogP contribution in [0.1, 0.15) is 24.6 Å². The Hall–Kier alpha value is -3.12. The Morgan fingerprint density at radius 2 is 2.00 bits per heavy atom. The molecule has 0 atom stereocenters. The third-order valence-corrected chi connectivity index (χ3v) is 5.87. The van der Waals surface area contributed by atoms with E-state index in [-0.39, 0.29) is 5.91 Å². The van der Waals surface area contributed by atoms with E-state index in [9.17, 15) is 4.79 Å². The molecule has 0 spiro atoms. The normalized spacial score (nSPS) is 11.0. The number of carbonyl (C=O) groups excluding carboxylic acids is 1. The number of thiazole rings is 1. The second-order valence-electron chi connectivity index (χ2n) is 7.09. The Bertz CT molecular complexity index is 1110. The van der Waals surface area contributed by atoms with E-state index in [1.807, 2.05) is 42.6 Å². The maximum absolute atomic E-state index is 12.3. The average molecular weight is 420 g/mol. The number of H-pyrrole nitrogens is 1. The average Bonchev–Trinajstić information content (AvgIpc) is 3.39. The van der Waals surface area contributed by atoms with Crippen LogP contribution < -0.4 is 10.1 Å². The Labute approximate surface area is 180 Å². The Morgan fingerprint density at radius 1 is 1.17 bits per heavy atom. The number of fused-ring (bicyclic) bond motifs is 1. The number of rotatable bonds is 9. The summed E-state index contributed by atoms with van der Waals surface area (Å²) in [7, 11) is 0. The molecule has 0 unspecified atom stereocenters. The first-order valence-electron chi connectivity index (χ1n) is 10.2.